The molecule has 65 heavy (non-hydrogen) atoms. The van der Waals surface area contributed by atoms with E-state index in [0.29, 0.717) is 24.3 Å². The van der Waals surface area contributed by atoms with E-state index in [1.807, 2.05) is 0 Å². The summed E-state index contributed by atoms with van der Waals surface area (Å²) in [6.07, 6.45) is 0. The Kier molecular flexibility index (Phi) is 12.9. The van der Waals surface area contributed by atoms with Gasteiger partial charge in [-0.25, -0.2) is 17.6 Å². The Morgan fingerprint density at radius 3 is 1.86 bits per heavy atom. The maximum Gasteiger partial charge on any atom is 0.397 e. The smallest absolute Gasteiger partial charge is 0.397 e. The standard InChI is InChI=1S/C31H24ClN7O20S6/c32-29-35-30(33-15-4-6-16(7-5-15)60(42,43)9-8-59-65(56,57)58)37-31(36-29)34-19-12-17(61(44,45)46)10-14-11-23(64(53,54)55)26(28(41)24(14)19)39-38-20-13-22(63(50,51)52)18-2-1-3-21(62(47,48)49)25(18)27(20)40/h1-7,10-13,40-41H,8-9H2,(H,44,45,46)(H,47,48,49)(H,50,51,52)(H,53,54,55)(H,56,57,58)(H2,33,34,35,36,37). The van der Waals surface area contributed by atoms with Crippen molar-refractivity contribution in [2.45, 2.75) is 24.5 Å². The summed E-state index contributed by atoms with van der Waals surface area (Å²) in [4.78, 5) is 9.63. The van der Waals surface area contributed by atoms with E-state index >= 15 is 0 Å². The molecule has 34 heteroatoms. The van der Waals surface area contributed by atoms with Gasteiger partial charge in [-0.2, -0.15) is 52.1 Å². The van der Waals surface area contributed by atoms with E-state index in [0.717, 1.165) is 30.3 Å². The number of nitrogens with zero attached hydrogens (tertiary/aromatic N) is 5. The molecule has 5 aromatic carbocycles. The molecule has 1 aromatic heterocycles. The van der Waals surface area contributed by atoms with Gasteiger partial charge in [0, 0.05) is 16.5 Å². The van der Waals surface area contributed by atoms with Crippen molar-refractivity contribution < 1.29 is 87.7 Å². The number of phenols is 2. The third kappa shape index (κ3) is 11.0. The Hall–Kier alpha value is -5.82. The minimum atomic E-state index is -5.53. The van der Waals surface area contributed by atoms with Gasteiger partial charge in [-0.1, -0.05) is 12.1 Å². The summed E-state index contributed by atoms with van der Waals surface area (Å²) >= 11 is 6.13. The van der Waals surface area contributed by atoms with Gasteiger partial charge < -0.3 is 15.5 Å². The fraction of sp³-hybridized carbons (Fsp3) is 0.0645. The number of fused-ring (bicyclic) bond motifs is 2. The molecule has 0 saturated carbocycles. The molecule has 0 radical (unpaired) electrons. The molecule has 6 rings (SSSR count). The molecule has 346 valence electrons. The Morgan fingerprint density at radius 1 is 0.646 bits per heavy atom. The van der Waals surface area contributed by atoms with Gasteiger partial charge in [0.2, 0.25) is 16.9 Å². The molecule has 1 heterocycles. The third-order valence-corrected chi connectivity index (χ3v) is 14.3. The molecule has 0 amide bonds. The maximum absolute atomic E-state index is 12.7. The number of hydrogen-bond acceptors (Lipinski definition) is 21. The number of nitrogens with one attached hydrogen (secondary N) is 2. The van der Waals surface area contributed by atoms with Crippen molar-refractivity contribution in [1.29, 1.82) is 0 Å². The van der Waals surface area contributed by atoms with Crippen LogP contribution in [0, 0.1) is 0 Å². The third-order valence-electron chi connectivity index (χ3n) is 8.44. The van der Waals surface area contributed by atoms with Crippen molar-refractivity contribution in [1.82, 2.24) is 15.0 Å². The second kappa shape index (κ2) is 17.2. The van der Waals surface area contributed by atoms with Crippen LogP contribution in [0.4, 0.5) is 28.7 Å². The van der Waals surface area contributed by atoms with Gasteiger partial charge in [-0.3, -0.25) is 27.7 Å². The monoisotopic (exact) mass is 1040 g/mol. The van der Waals surface area contributed by atoms with E-state index in [-0.39, 0.29) is 16.5 Å². The van der Waals surface area contributed by atoms with Gasteiger partial charge in [-0.15, -0.1) is 10.2 Å². The number of aromatic hydroxyl groups is 2. The number of H-pyrrole nitrogens is 1. The summed E-state index contributed by atoms with van der Waals surface area (Å²) in [7, 11) is -30.3. The fourth-order valence-electron chi connectivity index (χ4n) is 5.79. The summed E-state index contributed by atoms with van der Waals surface area (Å²) in [5, 5.41) is 29.1. The van der Waals surface area contributed by atoms with Crippen LogP contribution >= 0.6 is 11.6 Å². The molecule has 0 fully saturated rings. The van der Waals surface area contributed by atoms with E-state index < -0.39 is 154 Å². The van der Waals surface area contributed by atoms with Gasteiger partial charge in [0.05, 0.1) is 33.2 Å². The van der Waals surface area contributed by atoms with Crippen LogP contribution in [0.2, 0.25) is 5.28 Å². The number of phenolic OH excluding ortho intramolecular Hbond substituents is 2. The highest BCUT2D eigenvalue weighted by Crippen LogP contribution is 2.47. The lowest BCUT2D eigenvalue weighted by Gasteiger charge is -2.13. The largest absolute Gasteiger partial charge is 0.505 e. The van der Waals surface area contributed by atoms with Crippen molar-refractivity contribution in [3.63, 3.8) is 0 Å². The molecule has 0 aliphatic carbocycles. The van der Waals surface area contributed by atoms with Crippen LogP contribution in [0.25, 0.3) is 21.5 Å². The number of rotatable bonds is 14. The van der Waals surface area contributed by atoms with E-state index in [9.17, 15) is 78.9 Å². The molecule has 0 atom stereocenters. The van der Waals surface area contributed by atoms with Crippen molar-refractivity contribution >= 4 is 123 Å². The van der Waals surface area contributed by atoms with Crippen LogP contribution in [0.3, 0.4) is 0 Å². The van der Waals surface area contributed by atoms with E-state index in [1.54, 1.807) is 0 Å². The topological polar surface area (TPSA) is 446 Å². The summed E-state index contributed by atoms with van der Waals surface area (Å²) in [6.45, 7) is -0.896. The zero-order valence-corrected chi connectivity index (χ0v) is 36.9. The average Bonchev–Trinajstić information content (AvgIpc) is 3.15. The lowest BCUT2D eigenvalue weighted by molar-refractivity contribution is 0.284. The molecule has 0 bridgehead atoms. The normalized spacial score (nSPS) is 13.5. The molecule has 0 aliphatic rings. The summed E-state index contributed by atoms with van der Waals surface area (Å²) in [5.41, 5.74) is -3.42. The number of anilines is 2. The highest BCUT2D eigenvalue weighted by molar-refractivity contribution is 7.91. The first kappa shape index (κ1) is 48.6. The van der Waals surface area contributed by atoms with Gasteiger partial charge >= 0.3 is 10.4 Å². The minimum Gasteiger partial charge on any atom is -0.505 e. The Bertz CT molecular complexity index is 3800. The molecule has 0 saturated heterocycles. The highest BCUT2D eigenvalue weighted by Gasteiger charge is 2.28. The van der Waals surface area contributed by atoms with Crippen molar-refractivity contribution in [2.24, 2.45) is 15.2 Å². The second-order valence-electron chi connectivity index (χ2n) is 12.8. The zero-order chi connectivity index (χ0) is 48.2. The SMILES string of the molecule is O=S(=O)(O)OCCS(=O)(=O)c1ccc(Nc2nc(Cl)[nH]c(=Nc3cc(S(=O)(=O)O)cc4cc(S(=O)(=O)O)c(N=Nc5cc(S(=O)(=O)O)c6cccc(S(=O)(=O)O)c6c5O)c(O)c34)n2)cc1. The first-order valence-corrected chi connectivity index (χ1v) is 25.8. The number of halogens is 1. The van der Waals surface area contributed by atoms with Crippen LogP contribution in [0.15, 0.2) is 106 Å². The summed E-state index contributed by atoms with van der Waals surface area (Å²) in [6, 6.07) is 9.42. The van der Waals surface area contributed by atoms with Crippen LogP contribution < -0.4 is 10.9 Å². The minimum absolute atomic E-state index is 0.103. The first-order chi connectivity index (χ1) is 29.8. The predicted octanol–water partition coefficient (Wildman–Crippen LogP) is 3.15. The molecular formula is C31H24ClN7O20S6. The predicted molar refractivity (Wildman–Crippen MR) is 221 cm³/mol. The van der Waals surface area contributed by atoms with Crippen LogP contribution in [-0.4, -0.2) is 111 Å². The lowest BCUT2D eigenvalue weighted by Crippen LogP contribution is -2.16. The van der Waals surface area contributed by atoms with Crippen LogP contribution in [0.5, 0.6) is 11.5 Å². The number of sulfone groups is 1. The van der Waals surface area contributed by atoms with E-state index in [1.165, 1.54) is 12.1 Å². The quantitative estimate of drug-likeness (QED) is 0.0559. The highest BCUT2D eigenvalue weighted by atomic mass is 35.5. The van der Waals surface area contributed by atoms with Gasteiger partial charge in [-0.05, 0) is 71.6 Å². The van der Waals surface area contributed by atoms with Crippen molar-refractivity contribution in [2.75, 3.05) is 17.7 Å². The number of aromatic nitrogens is 3. The Morgan fingerprint density at radius 2 is 1.28 bits per heavy atom. The average molecular weight is 1040 g/mol. The number of hydrogen-bond donors (Lipinski definition) is 9. The molecule has 9 N–H and O–H groups in total. The molecule has 27 nitrogen and oxygen atoms in total. The molecular weight excluding hydrogens is 1020 g/mol. The number of benzene rings is 5. The second-order valence-corrected chi connectivity index (χ2v) is 21.9. The zero-order valence-electron chi connectivity index (χ0n) is 31.3. The van der Waals surface area contributed by atoms with E-state index in [4.69, 9.17) is 16.2 Å². The summed E-state index contributed by atoms with van der Waals surface area (Å²) < 4.78 is 198. The lowest BCUT2D eigenvalue weighted by atomic mass is 10.1. The van der Waals surface area contributed by atoms with Gasteiger partial charge in [0.25, 0.3) is 40.5 Å². The van der Waals surface area contributed by atoms with Gasteiger partial charge in [0.15, 0.2) is 21.3 Å². The van der Waals surface area contributed by atoms with Crippen molar-refractivity contribution in [3.8, 4) is 11.5 Å². The Labute approximate surface area is 369 Å². The maximum atomic E-state index is 12.7. The van der Waals surface area contributed by atoms with E-state index in [2.05, 4.69) is 39.7 Å². The molecule has 0 aliphatic heterocycles. The van der Waals surface area contributed by atoms with Crippen LogP contribution in [0.1, 0.15) is 0 Å². The number of aromatic amines is 1. The number of azo groups is 1. The Balaban J connectivity index is 1.52. The molecule has 6 aromatic rings. The molecule has 0 unspecified atom stereocenters. The van der Waals surface area contributed by atoms with Crippen LogP contribution in [-0.2, 0) is 64.9 Å². The fourth-order valence-corrected chi connectivity index (χ4v) is 10.1. The van der Waals surface area contributed by atoms with Gasteiger partial charge in [0.1, 0.15) is 26.1 Å². The summed E-state index contributed by atoms with van der Waals surface area (Å²) in [5.74, 6) is -3.75. The van der Waals surface area contributed by atoms with Crippen molar-refractivity contribution in [3.05, 3.63) is 77.6 Å². The first-order valence-electron chi connectivity index (χ1n) is 16.7. The molecule has 0 spiro atoms.